The number of carbonyl (C=O) groups excluding carboxylic acids is 1. The van der Waals surface area contributed by atoms with Gasteiger partial charge in [0.25, 0.3) is 5.91 Å². The van der Waals surface area contributed by atoms with E-state index in [9.17, 15) is 13.2 Å². The molecule has 2 aromatic carbocycles. The van der Waals surface area contributed by atoms with Gasteiger partial charge in [0.05, 0.1) is 25.0 Å². The van der Waals surface area contributed by atoms with Crippen molar-refractivity contribution in [1.29, 1.82) is 0 Å². The number of benzene rings is 2. The lowest BCUT2D eigenvalue weighted by Crippen LogP contribution is -2.51. The van der Waals surface area contributed by atoms with Gasteiger partial charge in [0.1, 0.15) is 18.1 Å². The molecule has 0 aliphatic carbocycles. The highest BCUT2D eigenvalue weighted by molar-refractivity contribution is 7.92. The Morgan fingerprint density at radius 2 is 1.96 bits per heavy atom. The summed E-state index contributed by atoms with van der Waals surface area (Å²) < 4.78 is 36.5. The third-order valence-electron chi connectivity index (χ3n) is 3.91. The van der Waals surface area contributed by atoms with E-state index in [1.54, 1.807) is 48.5 Å². The number of hydrogen-bond donors (Lipinski definition) is 1. The second kappa shape index (κ2) is 8.06. The van der Waals surface area contributed by atoms with Crippen LogP contribution < -0.4 is 19.1 Å². The van der Waals surface area contributed by atoms with E-state index in [4.69, 9.17) is 21.1 Å². The van der Waals surface area contributed by atoms with Crippen molar-refractivity contribution >= 4 is 33.2 Å². The molecule has 1 heterocycles. The lowest BCUT2D eigenvalue weighted by molar-refractivity contribution is -0.127. The van der Waals surface area contributed by atoms with Gasteiger partial charge in [-0.3, -0.25) is 9.10 Å². The molecule has 9 heteroatoms. The summed E-state index contributed by atoms with van der Waals surface area (Å²) in [5, 5.41) is 3.31. The Morgan fingerprint density at radius 1 is 1.26 bits per heavy atom. The maximum Gasteiger partial charge on any atom is 0.263 e. The van der Waals surface area contributed by atoms with Gasteiger partial charge in [-0.1, -0.05) is 23.7 Å². The summed E-state index contributed by atoms with van der Waals surface area (Å²) in [6, 6.07) is 13.6. The molecular weight excluding hydrogens is 392 g/mol. The molecule has 1 atom stereocenters. The molecule has 144 valence electrons. The van der Waals surface area contributed by atoms with E-state index < -0.39 is 22.0 Å². The van der Waals surface area contributed by atoms with Crippen molar-refractivity contribution in [3.63, 3.8) is 0 Å². The highest BCUT2D eigenvalue weighted by atomic mass is 35.5. The van der Waals surface area contributed by atoms with Gasteiger partial charge >= 0.3 is 0 Å². The SMILES string of the molecule is CS(=O)(=O)N1C[C@@H](C(=O)NCCOc2ccc(Cl)cc2)Oc2ccccc21. The Morgan fingerprint density at radius 3 is 2.67 bits per heavy atom. The normalized spacial score (nSPS) is 16.2. The first-order chi connectivity index (χ1) is 12.8. The number of nitrogens with one attached hydrogen (secondary N) is 1. The Hall–Kier alpha value is -2.45. The van der Waals surface area contributed by atoms with Crippen molar-refractivity contribution < 1.29 is 22.7 Å². The molecule has 3 rings (SSSR count). The fourth-order valence-corrected chi connectivity index (χ4v) is 3.68. The highest BCUT2D eigenvalue weighted by Crippen LogP contribution is 2.34. The third kappa shape index (κ3) is 4.84. The number of nitrogens with zero attached hydrogens (tertiary/aromatic N) is 1. The fourth-order valence-electron chi connectivity index (χ4n) is 2.64. The van der Waals surface area contributed by atoms with E-state index >= 15 is 0 Å². The number of amides is 1. The van der Waals surface area contributed by atoms with Crippen LogP contribution in [0.1, 0.15) is 0 Å². The quantitative estimate of drug-likeness (QED) is 0.737. The molecule has 27 heavy (non-hydrogen) atoms. The molecule has 0 radical (unpaired) electrons. The number of hydrogen-bond acceptors (Lipinski definition) is 5. The lowest BCUT2D eigenvalue weighted by atomic mass is 10.2. The van der Waals surface area contributed by atoms with Crippen LogP contribution in [0, 0.1) is 0 Å². The summed E-state index contributed by atoms with van der Waals surface area (Å²) in [5.74, 6) is 0.587. The molecule has 0 bridgehead atoms. The van der Waals surface area contributed by atoms with Crippen molar-refractivity contribution in [2.24, 2.45) is 0 Å². The minimum absolute atomic E-state index is 0.0836. The zero-order valence-corrected chi connectivity index (χ0v) is 16.2. The maximum absolute atomic E-state index is 12.4. The molecule has 0 fully saturated rings. The highest BCUT2D eigenvalue weighted by Gasteiger charge is 2.34. The second-order valence-electron chi connectivity index (χ2n) is 5.96. The van der Waals surface area contributed by atoms with Crippen LogP contribution in [0.15, 0.2) is 48.5 Å². The first-order valence-corrected chi connectivity index (χ1v) is 10.5. The van der Waals surface area contributed by atoms with Crippen LogP contribution in [0.5, 0.6) is 11.5 Å². The van der Waals surface area contributed by atoms with E-state index in [1.165, 1.54) is 4.31 Å². The zero-order valence-electron chi connectivity index (χ0n) is 14.6. The van der Waals surface area contributed by atoms with Crippen LogP contribution >= 0.6 is 11.6 Å². The summed E-state index contributed by atoms with van der Waals surface area (Å²) in [5.41, 5.74) is 0.426. The van der Waals surface area contributed by atoms with Crippen LogP contribution in [-0.2, 0) is 14.8 Å². The van der Waals surface area contributed by atoms with Gasteiger partial charge in [-0.2, -0.15) is 0 Å². The molecule has 2 aromatic rings. The molecule has 1 amide bonds. The molecule has 1 aliphatic rings. The molecular formula is C18H19ClN2O5S. The van der Waals surface area contributed by atoms with Crippen molar-refractivity contribution in [2.75, 3.05) is 30.3 Å². The fraction of sp³-hybridized carbons (Fsp3) is 0.278. The number of para-hydroxylation sites is 2. The maximum atomic E-state index is 12.4. The topological polar surface area (TPSA) is 84.9 Å². The van der Waals surface area contributed by atoms with E-state index in [2.05, 4.69) is 5.32 Å². The summed E-state index contributed by atoms with van der Waals surface area (Å²) in [6.07, 6.45) is 0.162. The zero-order chi connectivity index (χ0) is 19.4. The largest absolute Gasteiger partial charge is 0.492 e. The molecule has 0 saturated carbocycles. The summed E-state index contributed by atoms with van der Waals surface area (Å²) in [7, 11) is -3.53. The van der Waals surface area contributed by atoms with Gasteiger partial charge in [0, 0.05) is 5.02 Å². The van der Waals surface area contributed by atoms with Crippen LogP contribution in [0.25, 0.3) is 0 Å². The number of halogens is 1. The monoisotopic (exact) mass is 410 g/mol. The van der Waals surface area contributed by atoms with Gasteiger partial charge < -0.3 is 14.8 Å². The number of anilines is 1. The van der Waals surface area contributed by atoms with Gasteiger partial charge in [-0.15, -0.1) is 0 Å². The molecule has 0 spiro atoms. The van der Waals surface area contributed by atoms with Crippen LogP contribution in [0.4, 0.5) is 5.69 Å². The van der Waals surface area contributed by atoms with Crippen molar-refractivity contribution in [3.8, 4) is 11.5 Å². The number of carbonyl (C=O) groups is 1. The van der Waals surface area contributed by atoms with Gasteiger partial charge in [-0.25, -0.2) is 8.42 Å². The Labute approximate surface area is 162 Å². The van der Waals surface area contributed by atoms with Crippen molar-refractivity contribution in [3.05, 3.63) is 53.6 Å². The minimum atomic E-state index is -3.53. The van der Waals surface area contributed by atoms with Crippen LogP contribution in [-0.4, -0.2) is 46.4 Å². The predicted octanol–water partition coefficient (Wildman–Crippen LogP) is 2.06. The lowest BCUT2D eigenvalue weighted by Gasteiger charge is -2.33. The first kappa shape index (κ1) is 19.3. The van der Waals surface area contributed by atoms with Gasteiger partial charge in [0.15, 0.2) is 6.10 Å². The third-order valence-corrected chi connectivity index (χ3v) is 5.31. The average molecular weight is 411 g/mol. The number of ether oxygens (including phenoxy) is 2. The number of fused-ring (bicyclic) bond motifs is 1. The van der Waals surface area contributed by atoms with E-state index in [1.807, 2.05) is 0 Å². The molecule has 7 nitrogen and oxygen atoms in total. The Kier molecular flexibility index (Phi) is 5.76. The van der Waals surface area contributed by atoms with Gasteiger partial charge in [-0.05, 0) is 36.4 Å². The molecule has 0 saturated heterocycles. The average Bonchev–Trinajstić information content (AvgIpc) is 2.64. The van der Waals surface area contributed by atoms with Crippen molar-refractivity contribution in [2.45, 2.75) is 6.10 Å². The molecule has 1 aliphatic heterocycles. The van der Waals surface area contributed by atoms with Crippen LogP contribution in [0.3, 0.4) is 0 Å². The predicted molar refractivity (Wildman–Crippen MR) is 103 cm³/mol. The van der Waals surface area contributed by atoms with E-state index in [0.717, 1.165) is 6.26 Å². The minimum Gasteiger partial charge on any atom is -0.492 e. The first-order valence-electron chi connectivity index (χ1n) is 8.24. The van der Waals surface area contributed by atoms with E-state index in [0.29, 0.717) is 22.2 Å². The molecule has 0 unspecified atom stereocenters. The smallest absolute Gasteiger partial charge is 0.263 e. The summed E-state index contributed by atoms with van der Waals surface area (Å²) in [6.45, 7) is 0.425. The van der Waals surface area contributed by atoms with E-state index in [-0.39, 0.29) is 19.7 Å². The summed E-state index contributed by atoms with van der Waals surface area (Å²) in [4.78, 5) is 12.4. The molecule has 0 aromatic heterocycles. The number of rotatable bonds is 6. The standard InChI is InChI=1S/C18H19ClN2O5S/c1-27(23,24)21-12-17(26-16-5-3-2-4-15(16)21)18(22)20-10-11-25-14-8-6-13(19)7-9-14/h2-9,17H,10-12H2,1H3,(H,20,22)/t17-/m0/s1. The van der Waals surface area contributed by atoms with Crippen LogP contribution in [0.2, 0.25) is 5.02 Å². The Bertz CT molecular complexity index is 918. The second-order valence-corrected chi connectivity index (χ2v) is 8.30. The summed E-state index contributed by atoms with van der Waals surface area (Å²) >= 11 is 5.81. The van der Waals surface area contributed by atoms with Gasteiger partial charge in [0.2, 0.25) is 10.0 Å². The molecule has 1 N–H and O–H groups in total. The number of sulfonamides is 1. The van der Waals surface area contributed by atoms with Crippen molar-refractivity contribution in [1.82, 2.24) is 5.32 Å². The Balaban J connectivity index is 1.58.